The summed E-state index contributed by atoms with van der Waals surface area (Å²) in [5, 5.41) is 18.1. The largest absolute Gasteiger partial charge is 0.494 e. The molecule has 0 saturated heterocycles. The molecular weight excluding hydrogens is 476 g/mol. The van der Waals surface area contributed by atoms with E-state index in [9.17, 15) is 0 Å². The van der Waals surface area contributed by atoms with E-state index in [1.54, 1.807) is 9.59 Å². The first-order valence-electron chi connectivity index (χ1n) is 12.9. The van der Waals surface area contributed by atoms with E-state index < -0.39 is 0 Å². The first-order chi connectivity index (χ1) is 18.8. The number of fused-ring (bicyclic) bond motifs is 2. The molecule has 8 nitrogen and oxygen atoms in total. The highest BCUT2D eigenvalue weighted by Crippen LogP contribution is 2.18. The number of ether oxygens (including phenoxy) is 2. The first kappa shape index (κ1) is 23.7. The van der Waals surface area contributed by atoms with Gasteiger partial charge in [-0.3, -0.25) is 0 Å². The van der Waals surface area contributed by atoms with Gasteiger partial charge in [0, 0.05) is 0 Å². The van der Waals surface area contributed by atoms with E-state index in [1.807, 2.05) is 97.1 Å². The molecule has 6 rings (SSSR count). The molecule has 190 valence electrons. The number of nitrogens with zero attached hydrogens (tertiary/aromatic N) is 6. The fourth-order valence-electron chi connectivity index (χ4n) is 4.24. The third kappa shape index (κ3) is 5.49. The average molecular weight is 505 g/mol. The minimum absolute atomic E-state index is 0.696. The Morgan fingerprint density at radius 1 is 0.421 bits per heavy atom. The second-order valence-corrected chi connectivity index (χ2v) is 9.06. The van der Waals surface area contributed by atoms with E-state index in [1.165, 1.54) is 0 Å². The second-order valence-electron chi connectivity index (χ2n) is 9.06. The Bertz CT molecular complexity index is 1430. The van der Waals surface area contributed by atoms with Crippen molar-refractivity contribution >= 4 is 22.1 Å². The van der Waals surface area contributed by atoms with Crippen LogP contribution in [0.25, 0.3) is 33.4 Å². The molecule has 0 aliphatic rings. The zero-order valence-electron chi connectivity index (χ0n) is 21.0. The van der Waals surface area contributed by atoms with Crippen molar-refractivity contribution < 1.29 is 9.47 Å². The molecule has 4 aromatic carbocycles. The van der Waals surface area contributed by atoms with E-state index in [-0.39, 0.29) is 0 Å². The van der Waals surface area contributed by atoms with Gasteiger partial charge in [0.1, 0.15) is 33.6 Å². The van der Waals surface area contributed by atoms with Gasteiger partial charge < -0.3 is 9.47 Å². The molecule has 0 radical (unpaired) electrons. The molecule has 0 spiro atoms. The Kier molecular flexibility index (Phi) is 6.93. The van der Waals surface area contributed by atoms with Crippen molar-refractivity contribution in [3.8, 4) is 22.9 Å². The monoisotopic (exact) mass is 504 g/mol. The van der Waals surface area contributed by atoms with Crippen molar-refractivity contribution in [2.45, 2.75) is 25.7 Å². The smallest absolute Gasteiger partial charge is 0.119 e. The number of unbranched alkanes of at least 4 members (excludes halogenated alkanes) is 3. The van der Waals surface area contributed by atoms with Crippen LogP contribution < -0.4 is 9.47 Å². The van der Waals surface area contributed by atoms with Crippen LogP contribution in [0.3, 0.4) is 0 Å². The van der Waals surface area contributed by atoms with Gasteiger partial charge >= 0.3 is 0 Å². The van der Waals surface area contributed by atoms with Gasteiger partial charge in [-0.1, -0.05) is 24.3 Å². The van der Waals surface area contributed by atoms with Crippen molar-refractivity contribution in [1.29, 1.82) is 0 Å². The minimum Gasteiger partial charge on any atom is -0.494 e. The van der Waals surface area contributed by atoms with E-state index in [0.717, 1.165) is 70.6 Å². The third-order valence-electron chi connectivity index (χ3n) is 6.28. The molecule has 0 aliphatic heterocycles. The van der Waals surface area contributed by atoms with Crippen LogP contribution >= 0.6 is 0 Å². The van der Waals surface area contributed by atoms with Crippen LogP contribution in [0, 0.1) is 0 Å². The summed E-state index contributed by atoms with van der Waals surface area (Å²) in [4.78, 5) is 3.31. The van der Waals surface area contributed by atoms with Gasteiger partial charge in [-0.25, -0.2) is 0 Å². The Morgan fingerprint density at radius 2 is 0.763 bits per heavy atom. The SMILES string of the molecule is c1ccc2nn(-c3ccc(OCCCCCCOc4ccc(-n5nc6ccccc6n5)cc4)cc3)nc2c1. The normalized spacial score (nSPS) is 11.3. The molecule has 0 aliphatic carbocycles. The number of aromatic nitrogens is 6. The molecule has 6 aromatic rings. The summed E-state index contributed by atoms with van der Waals surface area (Å²) >= 11 is 0. The quantitative estimate of drug-likeness (QED) is 0.196. The first-order valence-corrected chi connectivity index (χ1v) is 12.9. The Balaban J connectivity index is 0.878. The molecular formula is C30H28N6O2. The zero-order valence-corrected chi connectivity index (χ0v) is 21.0. The van der Waals surface area contributed by atoms with Gasteiger partial charge in [0.15, 0.2) is 0 Å². The lowest BCUT2D eigenvalue weighted by molar-refractivity contribution is 0.287. The van der Waals surface area contributed by atoms with Crippen molar-refractivity contribution in [3.63, 3.8) is 0 Å². The fourth-order valence-corrected chi connectivity index (χ4v) is 4.24. The molecule has 0 atom stereocenters. The molecule has 2 heterocycles. The van der Waals surface area contributed by atoms with Crippen molar-refractivity contribution in [3.05, 3.63) is 97.1 Å². The van der Waals surface area contributed by atoms with Crippen molar-refractivity contribution in [2.24, 2.45) is 0 Å². The van der Waals surface area contributed by atoms with Crippen LogP contribution in [0.15, 0.2) is 97.1 Å². The maximum atomic E-state index is 5.91. The van der Waals surface area contributed by atoms with Crippen molar-refractivity contribution in [1.82, 2.24) is 30.0 Å². The zero-order chi connectivity index (χ0) is 25.6. The Morgan fingerprint density at radius 3 is 1.11 bits per heavy atom. The molecule has 0 fully saturated rings. The number of benzene rings is 4. The van der Waals surface area contributed by atoms with Gasteiger partial charge in [0.2, 0.25) is 0 Å². The minimum atomic E-state index is 0.696. The predicted molar refractivity (Wildman–Crippen MR) is 147 cm³/mol. The van der Waals surface area contributed by atoms with Gasteiger partial charge in [0.25, 0.3) is 0 Å². The van der Waals surface area contributed by atoms with E-state index in [0.29, 0.717) is 13.2 Å². The maximum absolute atomic E-state index is 5.91. The average Bonchev–Trinajstić information content (AvgIpc) is 3.60. The summed E-state index contributed by atoms with van der Waals surface area (Å²) < 4.78 is 11.8. The topological polar surface area (TPSA) is 79.9 Å². The lowest BCUT2D eigenvalue weighted by Gasteiger charge is -2.08. The number of hydrogen-bond acceptors (Lipinski definition) is 6. The van der Waals surface area contributed by atoms with Crippen LogP contribution in [0.4, 0.5) is 0 Å². The van der Waals surface area contributed by atoms with Gasteiger partial charge in [-0.2, -0.15) is 9.59 Å². The highest BCUT2D eigenvalue weighted by Gasteiger charge is 2.06. The van der Waals surface area contributed by atoms with Crippen LogP contribution in [0.2, 0.25) is 0 Å². The fraction of sp³-hybridized carbons (Fsp3) is 0.200. The second kappa shape index (κ2) is 11.1. The lowest BCUT2D eigenvalue weighted by atomic mass is 10.2. The highest BCUT2D eigenvalue weighted by molar-refractivity contribution is 5.74. The van der Waals surface area contributed by atoms with E-state index in [4.69, 9.17) is 9.47 Å². The molecule has 8 heteroatoms. The molecule has 38 heavy (non-hydrogen) atoms. The maximum Gasteiger partial charge on any atom is 0.119 e. The molecule has 0 unspecified atom stereocenters. The summed E-state index contributed by atoms with van der Waals surface area (Å²) in [6.45, 7) is 1.39. The Labute approximate surface area is 220 Å². The van der Waals surface area contributed by atoms with Crippen LogP contribution in [-0.4, -0.2) is 43.2 Å². The summed E-state index contributed by atoms with van der Waals surface area (Å²) in [5.41, 5.74) is 5.35. The van der Waals surface area contributed by atoms with Gasteiger partial charge in [0.05, 0.1) is 24.6 Å². The number of rotatable bonds is 11. The predicted octanol–water partition coefficient (Wildman–Crippen LogP) is 6.17. The standard InChI is InChI=1S/C30H28N6O2/c1(7-21-37-25-17-13-23(14-18-25)35-31-27-9-3-4-10-28(27)32-35)2-8-22-38-26-19-15-24(16-20-26)36-33-29-11-5-6-12-30(29)34-36/h3-6,9-20H,1-2,7-8,21-22H2. The molecule has 2 aromatic heterocycles. The lowest BCUT2D eigenvalue weighted by Crippen LogP contribution is -2.01. The van der Waals surface area contributed by atoms with Crippen molar-refractivity contribution in [2.75, 3.05) is 13.2 Å². The van der Waals surface area contributed by atoms with E-state index in [2.05, 4.69) is 20.4 Å². The third-order valence-corrected chi connectivity index (χ3v) is 6.28. The van der Waals surface area contributed by atoms with E-state index >= 15 is 0 Å². The summed E-state index contributed by atoms with van der Waals surface area (Å²) in [6, 6.07) is 31.5. The Hall–Kier alpha value is -4.72. The summed E-state index contributed by atoms with van der Waals surface area (Å²) in [7, 11) is 0. The van der Waals surface area contributed by atoms with Gasteiger partial charge in [-0.05, 0) is 98.5 Å². The number of hydrogen-bond donors (Lipinski definition) is 0. The van der Waals surface area contributed by atoms with Crippen LogP contribution in [0.1, 0.15) is 25.7 Å². The molecule has 0 N–H and O–H groups in total. The highest BCUT2D eigenvalue weighted by atomic mass is 16.5. The summed E-state index contributed by atoms with van der Waals surface area (Å²) in [5.74, 6) is 1.71. The molecule has 0 bridgehead atoms. The summed E-state index contributed by atoms with van der Waals surface area (Å²) in [6.07, 6.45) is 4.22. The van der Waals surface area contributed by atoms with Crippen LogP contribution in [0.5, 0.6) is 11.5 Å². The molecule has 0 amide bonds. The van der Waals surface area contributed by atoms with Crippen LogP contribution in [-0.2, 0) is 0 Å². The molecule has 0 saturated carbocycles. The van der Waals surface area contributed by atoms with Gasteiger partial charge in [-0.15, -0.1) is 20.4 Å².